The maximum absolute atomic E-state index is 12.4. The second kappa shape index (κ2) is 40.9. The molecule has 0 radical (unpaired) electrons. The molecule has 0 saturated carbocycles. The first-order chi connectivity index (χ1) is 24.6. The lowest BCUT2D eigenvalue weighted by Crippen LogP contribution is -2.50. The summed E-state index contributed by atoms with van der Waals surface area (Å²) in [5.74, 6) is -0.150. The molecule has 3 unspecified atom stereocenters. The van der Waals surface area contributed by atoms with Crippen LogP contribution in [-0.2, 0) is 4.79 Å². The minimum Gasteiger partial charge on any atom is -0.394 e. The number of carbonyl (C=O) groups is 1. The molecule has 0 aromatic rings. The molecule has 50 heavy (non-hydrogen) atoms. The molecule has 0 bridgehead atoms. The largest absolute Gasteiger partial charge is 0.394 e. The van der Waals surface area contributed by atoms with Gasteiger partial charge in [-0.05, 0) is 38.5 Å². The van der Waals surface area contributed by atoms with Crippen molar-refractivity contribution >= 4 is 5.91 Å². The van der Waals surface area contributed by atoms with Crippen LogP contribution in [0.1, 0.15) is 245 Å². The normalized spacial score (nSPS) is 13.6. The highest BCUT2D eigenvalue weighted by atomic mass is 16.3. The van der Waals surface area contributed by atoms with Crippen LogP contribution in [0.3, 0.4) is 0 Å². The maximum atomic E-state index is 12.4. The van der Waals surface area contributed by atoms with Gasteiger partial charge in [0.25, 0.3) is 0 Å². The maximum Gasteiger partial charge on any atom is 0.220 e. The standard InChI is InChI=1S/C45H89NO4/c1-3-5-7-9-11-13-15-17-19-21-22-24-26-28-30-32-34-36-38-40-44(49)46-42(41-47)45(50)43(48)39-37-35-33-31-29-27-25-23-20-18-16-14-12-10-8-6-4-2/h31,33,42-43,45,47-48,50H,3-30,32,34-41H2,1-2H3,(H,46,49)/b33-31+. The monoisotopic (exact) mass is 708 g/mol. The molecule has 4 N–H and O–H groups in total. The van der Waals surface area contributed by atoms with E-state index in [0.717, 1.165) is 38.5 Å². The Labute approximate surface area is 312 Å². The van der Waals surface area contributed by atoms with E-state index in [4.69, 9.17) is 0 Å². The topological polar surface area (TPSA) is 89.8 Å². The van der Waals surface area contributed by atoms with Crippen LogP contribution >= 0.6 is 0 Å². The van der Waals surface area contributed by atoms with Crippen LogP contribution in [0.2, 0.25) is 0 Å². The molecule has 0 heterocycles. The smallest absolute Gasteiger partial charge is 0.220 e. The Morgan fingerprint density at radius 1 is 0.480 bits per heavy atom. The fourth-order valence-corrected chi connectivity index (χ4v) is 7.10. The molecule has 298 valence electrons. The number of amides is 1. The first kappa shape index (κ1) is 49.1. The predicted octanol–water partition coefficient (Wildman–Crippen LogP) is 12.8. The second-order valence-electron chi connectivity index (χ2n) is 15.6. The molecule has 0 aromatic heterocycles. The Bertz CT molecular complexity index is 699. The minimum absolute atomic E-state index is 0.150. The minimum atomic E-state index is -1.15. The summed E-state index contributed by atoms with van der Waals surface area (Å²) in [6.45, 7) is 4.18. The Kier molecular flexibility index (Phi) is 40.1. The number of carbonyl (C=O) groups excluding carboxylic acids is 1. The quantitative estimate of drug-likeness (QED) is 0.0376. The molecular weight excluding hydrogens is 618 g/mol. The van der Waals surface area contributed by atoms with Crippen LogP contribution in [0.25, 0.3) is 0 Å². The number of hydrogen-bond donors (Lipinski definition) is 4. The molecule has 0 aliphatic heterocycles. The summed E-state index contributed by atoms with van der Waals surface area (Å²) in [7, 11) is 0. The molecule has 1 amide bonds. The number of aliphatic hydroxyl groups is 3. The van der Waals surface area contributed by atoms with Crippen molar-refractivity contribution in [2.45, 2.75) is 263 Å². The summed E-state index contributed by atoms with van der Waals surface area (Å²) < 4.78 is 0. The molecule has 0 rings (SSSR count). The Morgan fingerprint density at radius 2 is 0.800 bits per heavy atom. The van der Waals surface area contributed by atoms with Crippen molar-refractivity contribution in [3.05, 3.63) is 12.2 Å². The van der Waals surface area contributed by atoms with Gasteiger partial charge in [-0.15, -0.1) is 0 Å². The summed E-state index contributed by atoms with van der Waals surface area (Å²) in [5, 5.41) is 33.5. The fraction of sp³-hybridized carbons (Fsp3) is 0.933. The molecule has 0 fully saturated rings. The van der Waals surface area contributed by atoms with Crippen LogP contribution < -0.4 is 5.32 Å². The van der Waals surface area contributed by atoms with E-state index in [-0.39, 0.29) is 12.5 Å². The highest BCUT2D eigenvalue weighted by molar-refractivity contribution is 5.76. The zero-order chi connectivity index (χ0) is 36.6. The van der Waals surface area contributed by atoms with Crippen molar-refractivity contribution < 1.29 is 20.1 Å². The lowest BCUT2D eigenvalue weighted by Gasteiger charge is -2.26. The van der Waals surface area contributed by atoms with Gasteiger partial charge in [0.15, 0.2) is 0 Å². The number of aliphatic hydroxyl groups excluding tert-OH is 3. The third kappa shape index (κ3) is 35.5. The molecule has 0 spiro atoms. The van der Waals surface area contributed by atoms with Gasteiger partial charge in [0.2, 0.25) is 5.91 Å². The van der Waals surface area contributed by atoms with Gasteiger partial charge in [0.05, 0.1) is 18.8 Å². The highest BCUT2D eigenvalue weighted by Gasteiger charge is 2.26. The highest BCUT2D eigenvalue weighted by Crippen LogP contribution is 2.16. The van der Waals surface area contributed by atoms with Gasteiger partial charge in [0.1, 0.15) is 6.10 Å². The van der Waals surface area contributed by atoms with Crippen LogP contribution in [-0.4, -0.2) is 46.1 Å². The molecule has 5 nitrogen and oxygen atoms in total. The summed E-state index contributed by atoms with van der Waals surface area (Å²) in [6, 6.07) is -0.820. The van der Waals surface area contributed by atoms with E-state index in [1.165, 1.54) is 180 Å². The van der Waals surface area contributed by atoms with Gasteiger partial charge in [-0.1, -0.05) is 212 Å². The number of nitrogens with one attached hydrogen (secondary N) is 1. The first-order valence-corrected chi connectivity index (χ1v) is 22.5. The molecule has 0 saturated heterocycles. The van der Waals surface area contributed by atoms with Crippen LogP contribution in [0.5, 0.6) is 0 Å². The predicted molar refractivity (Wildman–Crippen MR) is 218 cm³/mol. The lowest BCUT2D eigenvalue weighted by molar-refractivity contribution is -0.124. The average Bonchev–Trinajstić information content (AvgIpc) is 3.12. The van der Waals surface area contributed by atoms with E-state index in [1.807, 2.05) is 0 Å². The fourth-order valence-electron chi connectivity index (χ4n) is 7.10. The van der Waals surface area contributed by atoms with E-state index in [2.05, 4.69) is 31.3 Å². The van der Waals surface area contributed by atoms with Crippen molar-refractivity contribution in [2.75, 3.05) is 6.61 Å². The molecule has 3 atom stereocenters. The molecule has 0 aliphatic rings. The molecule has 5 heteroatoms. The zero-order valence-electron chi connectivity index (χ0n) is 33.8. The van der Waals surface area contributed by atoms with Gasteiger partial charge in [0, 0.05) is 6.42 Å². The van der Waals surface area contributed by atoms with Crippen molar-refractivity contribution in [1.82, 2.24) is 5.32 Å². The Hall–Kier alpha value is -0.910. The number of unbranched alkanes of at least 4 members (excludes halogenated alkanes) is 31. The molecule has 0 aliphatic carbocycles. The second-order valence-corrected chi connectivity index (χ2v) is 15.6. The summed E-state index contributed by atoms with van der Waals surface area (Å²) in [5.41, 5.74) is 0. The van der Waals surface area contributed by atoms with E-state index in [9.17, 15) is 20.1 Å². The molecule has 0 aromatic carbocycles. The van der Waals surface area contributed by atoms with E-state index < -0.39 is 18.2 Å². The average molecular weight is 708 g/mol. The number of allylic oxidation sites excluding steroid dienone is 2. The van der Waals surface area contributed by atoms with Crippen LogP contribution in [0.4, 0.5) is 0 Å². The van der Waals surface area contributed by atoms with E-state index in [1.54, 1.807) is 0 Å². The van der Waals surface area contributed by atoms with Gasteiger partial charge in [-0.25, -0.2) is 0 Å². The number of rotatable bonds is 41. The summed E-state index contributed by atoms with van der Waals surface area (Å²) in [4.78, 5) is 12.4. The van der Waals surface area contributed by atoms with Crippen molar-refractivity contribution in [3.8, 4) is 0 Å². The van der Waals surface area contributed by atoms with Crippen LogP contribution in [0.15, 0.2) is 12.2 Å². The Balaban J connectivity index is 3.62. The van der Waals surface area contributed by atoms with Gasteiger partial charge < -0.3 is 20.6 Å². The third-order valence-electron chi connectivity index (χ3n) is 10.6. The van der Waals surface area contributed by atoms with Crippen LogP contribution in [0, 0.1) is 0 Å². The first-order valence-electron chi connectivity index (χ1n) is 22.5. The lowest BCUT2D eigenvalue weighted by atomic mass is 10.0. The van der Waals surface area contributed by atoms with Crippen molar-refractivity contribution in [3.63, 3.8) is 0 Å². The van der Waals surface area contributed by atoms with Gasteiger partial charge in [-0.2, -0.15) is 0 Å². The summed E-state index contributed by atoms with van der Waals surface area (Å²) in [6.07, 6.45) is 47.5. The van der Waals surface area contributed by atoms with Crippen molar-refractivity contribution in [1.29, 1.82) is 0 Å². The Morgan fingerprint density at radius 3 is 1.16 bits per heavy atom. The third-order valence-corrected chi connectivity index (χ3v) is 10.6. The number of hydrogen-bond acceptors (Lipinski definition) is 4. The zero-order valence-corrected chi connectivity index (χ0v) is 33.8. The van der Waals surface area contributed by atoms with Gasteiger partial charge in [-0.3, -0.25) is 4.79 Å². The summed E-state index contributed by atoms with van der Waals surface area (Å²) >= 11 is 0. The molecular formula is C45H89NO4. The van der Waals surface area contributed by atoms with E-state index >= 15 is 0 Å². The van der Waals surface area contributed by atoms with Gasteiger partial charge >= 0.3 is 0 Å². The van der Waals surface area contributed by atoms with Crippen molar-refractivity contribution in [2.24, 2.45) is 0 Å². The van der Waals surface area contributed by atoms with E-state index in [0.29, 0.717) is 12.8 Å². The SMILES string of the molecule is CCCCCCCCCCCCCC/C=C/CCCC(O)C(O)C(CO)NC(=O)CCCCCCCCCCCCCCCCCCCCC.